The van der Waals surface area contributed by atoms with E-state index in [0.717, 1.165) is 59.9 Å². The highest BCUT2D eigenvalue weighted by molar-refractivity contribution is 8.77. The molecule has 0 aromatic heterocycles. The molecule has 2 aliphatic heterocycles. The zero-order valence-electron chi connectivity index (χ0n) is 33.4. The van der Waals surface area contributed by atoms with Crippen molar-refractivity contribution in [2.75, 3.05) is 40.1 Å². The molecule has 2 heterocycles. The van der Waals surface area contributed by atoms with Gasteiger partial charge in [0.05, 0.1) is 26.9 Å². The molecule has 1 fully saturated rings. The average molecular weight is 837 g/mol. The molecule has 0 radical (unpaired) electrons. The third kappa shape index (κ3) is 7.17. The molecule has 1 saturated carbocycles. The Labute approximate surface area is 347 Å². The van der Waals surface area contributed by atoms with Crippen molar-refractivity contribution in [2.45, 2.75) is 105 Å². The number of aromatic hydroxyl groups is 3. The highest BCUT2D eigenvalue weighted by Gasteiger charge is 2.60. The fourth-order valence-corrected chi connectivity index (χ4v) is 13.8. The van der Waals surface area contributed by atoms with Crippen LogP contribution >= 0.6 is 21.6 Å². The van der Waals surface area contributed by atoms with E-state index in [1.807, 2.05) is 22.9 Å². The lowest BCUT2D eigenvalue weighted by atomic mass is 9.61. The molecule has 11 nitrogen and oxygen atoms in total. The van der Waals surface area contributed by atoms with Gasteiger partial charge in [0.15, 0.2) is 17.1 Å². The summed E-state index contributed by atoms with van der Waals surface area (Å²) < 4.78 is 25.2. The molecule has 8 atom stereocenters. The van der Waals surface area contributed by atoms with E-state index in [1.54, 1.807) is 29.0 Å². The third-order valence-corrected chi connectivity index (χ3v) is 16.3. The SMILES string of the molecule is COc1c(O)c(OCCC(C)C)cc([C@@]23CC[C@H]4SS[C@H]5C=C(CCO)C[C@H](CC[C@H]6c7cc(O)ccc7-c7c(OCCO)cc(c(c7[C@@H]6CO)[C@@H]4[C@H]2O)O3)C5)c1O. The second-order valence-corrected chi connectivity index (χ2v) is 19.7. The number of methoxy groups -OCH3 is 1. The Kier molecular flexibility index (Phi) is 12.0. The van der Waals surface area contributed by atoms with Crippen LogP contribution in [0.4, 0.5) is 0 Å². The summed E-state index contributed by atoms with van der Waals surface area (Å²) in [6.07, 6.45) is 6.87. The summed E-state index contributed by atoms with van der Waals surface area (Å²) in [6.45, 7) is 4.11. The zero-order valence-corrected chi connectivity index (χ0v) is 35.0. The normalized spacial score (nSPS) is 28.3. The Balaban J connectivity index is 1.37. The van der Waals surface area contributed by atoms with Gasteiger partial charge in [0, 0.05) is 51.7 Å². The number of hydrogen-bond acceptors (Lipinski definition) is 13. The number of aliphatic hydroxyl groups is 4. The minimum absolute atomic E-state index is 0.00254. The van der Waals surface area contributed by atoms with Gasteiger partial charge in [-0.05, 0) is 104 Å². The van der Waals surface area contributed by atoms with Crippen molar-refractivity contribution in [1.82, 2.24) is 0 Å². The number of benzene rings is 3. The van der Waals surface area contributed by atoms with Crippen molar-refractivity contribution in [1.29, 1.82) is 0 Å². The summed E-state index contributed by atoms with van der Waals surface area (Å²) in [5, 5.41) is 78.7. The summed E-state index contributed by atoms with van der Waals surface area (Å²) >= 11 is 0. The maximum Gasteiger partial charge on any atom is 0.207 e. The molecule has 7 N–H and O–H groups in total. The van der Waals surface area contributed by atoms with Crippen LogP contribution in [0, 0.1) is 11.8 Å². The molecule has 58 heavy (non-hydrogen) atoms. The smallest absolute Gasteiger partial charge is 0.207 e. The number of phenolic OH excluding ortho intramolecular Hbond substituents is 3. The molecule has 0 amide bonds. The molecule has 3 aromatic rings. The van der Waals surface area contributed by atoms with E-state index in [-0.39, 0.29) is 77.2 Å². The van der Waals surface area contributed by atoms with E-state index >= 15 is 0 Å². The van der Waals surface area contributed by atoms with Gasteiger partial charge in [0.2, 0.25) is 11.5 Å². The van der Waals surface area contributed by atoms with Crippen LogP contribution in [0.2, 0.25) is 0 Å². The van der Waals surface area contributed by atoms with Gasteiger partial charge in [-0.25, -0.2) is 0 Å². The number of fused-ring (bicyclic) bond motifs is 7. The fraction of sp³-hybridized carbons (Fsp3) is 0.556. The molecule has 8 rings (SSSR count). The van der Waals surface area contributed by atoms with Gasteiger partial charge >= 0.3 is 0 Å². The fourth-order valence-electron chi connectivity index (χ4n) is 10.4. The Bertz CT molecular complexity index is 2040. The van der Waals surface area contributed by atoms with Gasteiger partial charge in [0.1, 0.15) is 30.0 Å². The molecule has 314 valence electrons. The number of rotatable bonds is 12. The molecule has 0 unspecified atom stereocenters. The zero-order chi connectivity index (χ0) is 40.9. The molecule has 3 aliphatic carbocycles. The van der Waals surface area contributed by atoms with Crippen LogP contribution in [-0.4, -0.2) is 92.5 Å². The molecule has 6 bridgehead atoms. The molecule has 0 spiro atoms. The number of phenols is 3. The lowest BCUT2D eigenvalue weighted by Crippen LogP contribution is -2.57. The first-order valence-corrected chi connectivity index (χ1v) is 22.9. The van der Waals surface area contributed by atoms with E-state index in [0.29, 0.717) is 49.2 Å². The first kappa shape index (κ1) is 41.3. The predicted octanol–water partition coefficient (Wildman–Crippen LogP) is 7.61. The number of hydrogen-bond donors (Lipinski definition) is 7. The van der Waals surface area contributed by atoms with Crippen molar-refractivity contribution in [3.63, 3.8) is 0 Å². The maximum absolute atomic E-state index is 13.1. The predicted molar refractivity (Wildman–Crippen MR) is 225 cm³/mol. The number of aliphatic hydroxyl groups excluding tert-OH is 4. The van der Waals surface area contributed by atoms with Gasteiger partial charge in [-0.1, -0.05) is 53.2 Å². The van der Waals surface area contributed by atoms with Crippen molar-refractivity contribution in [2.24, 2.45) is 11.8 Å². The topological polar surface area (TPSA) is 179 Å². The molecule has 5 aliphatic rings. The minimum atomic E-state index is -1.51. The minimum Gasteiger partial charge on any atom is -0.508 e. The van der Waals surface area contributed by atoms with Crippen molar-refractivity contribution in [3.05, 3.63) is 64.2 Å². The second-order valence-electron chi connectivity index (χ2n) is 17.0. The van der Waals surface area contributed by atoms with E-state index in [1.165, 1.54) is 12.7 Å². The molecule has 0 saturated heterocycles. The highest BCUT2D eigenvalue weighted by Crippen LogP contribution is 2.66. The van der Waals surface area contributed by atoms with Gasteiger partial charge in [-0.3, -0.25) is 0 Å². The van der Waals surface area contributed by atoms with Gasteiger partial charge < -0.3 is 54.7 Å². The van der Waals surface area contributed by atoms with Crippen LogP contribution in [0.25, 0.3) is 11.1 Å². The summed E-state index contributed by atoms with van der Waals surface area (Å²) in [4.78, 5) is 0. The van der Waals surface area contributed by atoms with Crippen LogP contribution in [0.15, 0.2) is 42.0 Å². The van der Waals surface area contributed by atoms with Crippen LogP contribution < -0.4 is 18.9 Å². The monoisotopic (exact) mass is 836 g/mol. The van der Waals surface area contributed by atoms with Gasteiger partial charge in [0.25, 0.3) is 0 Å². The van der Waals surface area contributed by atoms with Crippen LogP contribution in [0.3, 0.4) is 0 Å². The van der Waals surface area contributed by atoms with E-state index in [2.05, 4.69) is 19.9 Å². The number of ether oxygens (including phenoxy) is 4. The lowest BCUT2D eigenvalue weighted by Gasteiger charge is -2.54. The second kappa shape index (κ2) is 16.9. The third-order valence-electron chi connectivity index (χ3n) is 13.1. The Morgan fingerprint density at radius 3 is 2.47 bits per heavy atom. The lowest BCUT2D eigenvalue weighted by molar-refractivity contribution is -0.112. The summed E-state index contributed by atoms with van der Waals surface area (Å²) in [7, 11) is 4.93. The Hall–Kier alpha value is -3.46. The first-order chi connectivity index (χ1) is 28.0. The average Bonchev–Trinajstić information content (AvgIpc) is 3.20. The summed E-state index contributed by atoms with van der Waals surface area (Å²) in [5.41, 5.74) is 4.12. The van der Waals surface area contributed by atoms with E-state index < -0.39 is 23.5 Å². The quantitative estimate of drug-likeness (QED) is 0.0702. The van der Waals surface area contributed by atoms with E-state index in [4.69, 9.17) is 18.9 Å². The van der Waals surface area contributed by atoms with Gasteiger partial charge in [-0.2, -0.15) is 0 Å². The molecular weight excluding hydrogens is 781 g/mol. The van der Waals surface area contributed by atoms with Crippen molar-refractivity contribution >= 4 is 21.6 Å². The van der Waals surface area contributed by atoms with Crippen molar-refractivity contribution < 1.29 is 54.7 Å². The first-order valence-electron chi connectivity index (χ1n) is 20.7. The summed E-state index contributed by atoms with van der Waals surface area (Å²) in [6, 6.07) is 8.73. The largest absolute Gasteiger partial charge is 0.508 e. The van der Waals surface area contributed by atoms with Crippen molar-refractivity contribution in [3.8, 4) is 51.4 Å². The Morgan fingerprint density at radius 2 is 1.72 bits per heavy atom. The summed E-state index contributed by atoms with van der Waals surface area (Å²) in [5.74, 6) is -0.207. The molecular formula is C45H56O11S2. The van der Waals surface area contributed by atoms with Crippen LogP contribution in [0.1, 0.15) is 105 Å². The van der Waals surface area contributed by atoms with Gasteiger partial charge in [-0.15, -0.1) is 0 Å². The van der Waals surface area contributed by atoms with Crippen LogP contribution in [-0.2, 0) is 5.60 Å². The van der Waals surface area contributed by atoms with Crippen LogP contribution in [0.5, 0.6) is 40.2 Å². The van der Waals surface area contributed by atoms with E-state index in [9.17, 15) is 35.7 Å². The highest BCUT2D eigenvalue weighted by atomic mass is 33.1. The molecule has 13 heteroatoms. The maximum atomic E-state index is 13.1. The Morgan fingerprint density at radius 1 is 0.914 bits per heavy atom. The molecule has 3 aromatic carbocycles. The standard InChI is InChI=1S/C45H56O11S2/c1-23(2)10-14-54-35-20-32(41(50)43(53-3)42(35)51)45-11-8-36-40(44(45)52)39-34(56-45)21-33(55-15-13-47)37-29-7-5-26(49)19-30(29)28(31(22-48)38(37)39)6-4-24-16-25(9-12-46)18-27(17-24)57-58-36/h5,7,18-21,23-24,27-28,31,36,40,44,46-52H,4,6,8-17,22H2,1-3H3/t24-,27+,28-,31+,36+,40+,44+,45-/m0/s1.